The number of furan rings is 1. The Bertz CT molecular complexity index is 1320. The van der Waals surface area contributed by atoms with Crippen molar-refractivity contribution in [2.45, 2.75) is 13.2 Å². The van der Waals surface area contributed by atoms with Crippen molar-refractivity contribution in [1.82, 2.24) is 9.78 Å². The molecule has 0 spiro atoms. The number of nitrogens with one attached hydrogen (secondary N) is 1. The predicted molar refractivity (Wildman–Crippen MR) is 136 cm³/mol. The Balaban J connectivity index is 1.38. The summed E-state index contributed by atoms with van der Waals surface area (Å²) < 4.78 is 14.4. The monoisotopic (exact) mass is 631 g/mol. The van der Waals surface area contributed by atoms with Crippen molar-refractivity contribution in [3.63, 3.8) is 0 Å². The summed E-state index contributed by atoms with van der Waals surface area (Å²) in [4.78, 5) is 12.6. The molecule has 0 radical (unpaired) electrons. The highest BCUT2D eigenvalue weighted by Gasteiger charge is 2.16. The lowest BCUT2D eigenvalue weighted by Gasteiger charge is -2.06. The van der Waals surface area contributed by atoms with E-state index in [-0.39, 0.29) is 12.4 Å². The van der Waals surface area contributed by atoms with Crippen molar-refractivity contribution in [1.29, 1.82) is 0 Å². The van der Waals surface area contributed by atoms with Crippen LogP contribution < -0.4 is 10.1 Å². The summed E-state index contributed by atoms with van der Waals surface area (Å²) >= 11 is 24.9. The van der Waals surface area contributed by atoms with Gasteiger partial charge in [0.1, 0.15) is 18.1 Å². The number of anilines is 1. The smallest absolute Gasteiger partial charge is 0.292 e. The number of carbonyl (C=O) groups excluding carboxylic acids is 1. The lowest BCUT2D eigenvalue weighted by molar-refractivity contribution is 0.0992. The highest BCUT2D eigenvalue weighted by atomic mass is 79.9. The number of benzene rings is 2. The zero-order valence-corrected chi connectivity index (χ0v) is 22.1. The van der Waals surface area contributed by atoms with Crippen LogP contribution in [0.5, 0.6) is 5.75 Å². The van der Waals surface area contributed by atoms with Crippen LogP contribution in [0.3, 0.4) is 0 Å². The van der Waals surface area contributed by atoms with E-state index in [2.05, 4.69) is 42.3 Å². The molecule has 11 heteroatoms. The highest BCUT2D eigenvalue weighted by molar-refractivity contribution is 9.10. The number of ether oxygens (including phenoxy) is 1. The van der Waals surface area contributed by atoms with Crippen LogP contribution in [0.15, 0.2) is 68.1 Å². The molecule has 1 N–H and O–H groups in total. The molecule has 0 atom stereocenters. The molecule has 2 aromatic carbocycles. The third kappa shape index (κ3) is 6.13. The van der Waals surface area contributed by atoms with Gasteiger partial charge in [-0.25, -0.2) is 0 Å². The van der Waals surface area contributed by atoms with Crippen LogP contribution in [0.4, 0.5) is 5.82 Å². The normalized spacial score (nSPS) is 10.9. The van der Waals surface area contributed by atoms with Crippen molar-refractivity contribution in [3.8, 4) is 5.75 Å². The molecule has 1 amide bonds. The Morgan fingerprint density at radius 1 is 1.03 bits per heavy atom. The molecule has 0 aliphatic carbocycles. The average molecular weight is 635 g/mol. The maximum Gasteiger partial charge on any atom is 0.292 e. The first-order valence-corrected chi connectivity index (χ1v) is 12.2. The number of hydrogen-bond donors (Lipinski definition) is 1. The minimum atomic E-state index is -0.441. The lowest BCUT2D eigenvalue weighted by Crippen LogP contribution is -2.12. The van der Waals surface area contributed by atoms with Crippen LogP contribution >= 0.6 is 66.7 Å². The van der Waals surface area contributed by atoms with Crippen molar-refractivity contribution in [2.75, 3.05) is 5.32 Å². The van der Waals surface area contributed by atoms with Gasteiger partial charge in [0.05, 0.1) is 26.1 Å². The molecule has 0 fully saturated rings. The molecule has 0 aliphatic heterocycles. The van der Waals surface area contributed by atoms with Crippen molar-refractivity contribution in [3.05, 3.63) is 95.8 Å². The molecule has 0 unspecified atom stereocenters. The first-order chi connectivity index (χ1) is 15.8. The Morgan fingerprint density at radius 2 is 1.85 bits per heavy atom. The second kappa shape index (κ2) is 10.5. The number of rotatable bonds is 7. The first-order valence-electron chi connectivity index (χ1n) is 9.43. The standard InChI is InChI=1S/C22H14Br2Cl3N3O3/c23-13-2-5-19(18(27)8-13)32-11-14-3-6-20(33-14)22(31)28-21-15(24)10-30(29-21)9-12-1-4-16(25)17(26)7-12/h1-8,10H,9,11H2,(H,28,29,31). The number of hydrogen-bond acceptors (Lipinski definition) is 4. The van der Waals surface area contributed by atoms with Gasteiger partial charge in [0, 0.05) is 10.7 Å². The number of nitrogens with zero attached hydrogens (tertiary/aromatic N) is 2. The molecule has 6 nitrogen and oxygen atoms in total. The summed E-state index contributed by atoms with van der Waals surface area (Å²) in [5.41, 5.74) is 0.916. The molecule has 33 heavy (non-hydrogen) atoms. The zero-order chi connectivity index (χ0) is 23.5. The minimum absolute atomic E-state index is 0.122. The number of carbonyl (C=O) groups is 1. The van der Waals surface area contributed by atoms with E-state index in [1.54, 1.807) is 47.3 Å². The van der Waals surface area contributed by atoms with Crippen LogP contribution in [0.2, 0.25) is 15.1 Å². The Labute approximate surface area is 221 Å². The second-order valence-corrected chi connectivity index (χ2v) is 9.85. The van der Waals surface area contributed by atoms with E-state index in [9.17, 15) is 4.79 Å². The topological polar surface area (TPSA) is 69.3 Å². The quantitative estimate of drug-likeness (QED) is 0.225. The summed E-state index contributed by atoms with van der Waals surface area (Å²) in [6.45, 7) is 0.572. The van der Waals surface area contributed by atoms with E-state index in [4.69, 9.17) is 44.0 Å². The Hall–Kier alpha value is -1.97. The van der Waals surface area contributed by atoms with Gasteiger partial charge in [-0.2, -0.15) is 5.10 Å². The third-order valence-electron chi connectivity index (χ3n) is 4.43. The average Bonchev–Trinajstić information content (AvgIpc) is 3.37. The van der Waals surface area contributed by atoms with Crippen LogP contribution in [0.1, 0.15) is 21.9 Å². The number of halogens is 5. The molecule has 0 aliphatic rings. The van der Waals surface area contributed by atoms with Crippen molar-refractivity contribution >= 4 is 78.4 Å². The fourth-order valence-corrected chi connectivity index (χ4v) is 4.34. The zero-order valence-electron chi connectivity index (χ0n) is 16.6. The van der Waals surface area contributed by atoms with Crippen molar-refractivity contribution in [2.24, 2.45) is 0 Å². The Morgan fingerprint density at radius 3 is 2.61 bits per heavy atom. The first kappa shape index (κ1) is 24.2. The van der Waals surface area contributed by atoms with Gasteiger partial charge < -0.3 is 14.5 Å². The fraction of sp³-hybridized carbons (Fsp3) is 0.0909. The summed E-state index contributed by atoms with van der Waals surface area (Å²) in [5, 5.41) is 8.55. The molecule has 170 valence electrons. The van der Waals surface area contributed by atoms with Gasteiger partial charge in [0.15, 0.2) is 11.6 Å². The van der Waals surface area contributed by atoms with Crippen LogP contribution in [-0.4, -0.2) is 15.7 Å². The molecular formula is C22H14Br2Cl3N3O3. The van der Waals surface area contributed by atoms with Gasteiger partial charge in [-0.1, -0.05) is 56.8 Å². The van der Waals surface area contributed by atoms with Gasteiger partial charge >= 0.3 is 0 Å². The van der Waals surface area contributed by atoms with Gasteiger partial charge in [0.25, 0.3) is 5.91 Å². The third-order valence-corrected chi connectivity index (χ3v) is 6.53. The van der Waals surface area contributed by atoms with E-state index in [1.165, 1.54) is 0 Å². The summed E-state index contributed by atoms with van der Waals surface area (Å²) in [5.74, 6) is 1.03. The minimum Gasteiger partial charge on any atom is -0.484 e. The van der Waals surface area contributed by atoms with E-state index >= 15 is 0 Å². The predicted octanol–water partition coefficient (Wildman–Crippen LogP) is 7.84. The number of amides is 1. The van der Waals surface area contributed by atoms with Crippen LogP contribution in [0, 0.1) is 0 Å². The van der Waals surface area contributed by atoms with Crippen LogP contribution in [0.25, 0.3) is 0 Å². The van der Waals surface area contributed by atoms with E-state index < -0.39 is 5.91 Å². The molecule has 2 aromatic heterocycles. The lowest BCUT2D eigenvalue weighted by atomic mass is 10.2. The highest BCUT2D eigenvalue weighted by Crippen LogP contribution is 2.29. The molecular weight excluding hydrogens is 620 g/mol. The second-order valence-electron chi connectivity index (χ2n) is 6.86. The van der Waals surface area contributed by atoms with Crippen molar-refractivity contribution < 1.29 is 13.9 Å². The summed E-state index contributed by atoms with van der Waals surface area (Å²) in [6.07, 6.45) is 1.75. The SMILES string of the molecule is O=C(Nc1nn(Cc2ccc(Cl)c(Cl)c2)cc1Br)c1ccc(COc2ccc(Br)cc2Cl)o1. The van der Waals surface area contributed by atoms with E-state index in [1.807, 2.05) is 12.1 Å². The van der Waals surface area contributed by atoms with Gasteiger partial charge in [-0.05, 0) is 64.0 Å². The maximum atomic E-state index is 12.6. The van der Waals surface area contributed by atoms with E-state index in [0.717, 1.165) is 10.0 Å². The van der Waals surface area contributed by atoms with E-state index in [0.29, 0.717) is 43.4 Å². The maximum absolute atomic E-state index is 12.6. The fourth-order valence-electron chi connectivity index (χ4n) is 2.88. The van der Waals surface area contributed by atoms with Gasteiger partial charge in [-0.3, -0.25) is 9.48 Å². The van der Waals surface area contributed by atoms with Gasteiger partial charge in [-0.15, -0.1) is 0 Å². The molecule has 0 saturated heterocycles. The molecule has 0 bridgehead atoms. The molecule has 0 saturated carbocycles. The molecule has 4 aromatic rings. The summed E-state index contributed by atoms with van der Waals surface area (Å²) in [6, 6.07) is 13.9. The summed E-state index contributed by atoms with van der Waals surface area (Å²) in [7, 11) is 0. The molecule has 2 heterocycles. The Kier molecular flexibility index (Phi) is 7.71. The number of aromatic nitrogens is 2. The largest absolute Gasteiger partial charge is 0.484 e. The van der Waals surface area contributed by atoms with Crippen LogP contribution in [-0.2, 0) is 13.2 Å². The molecule has 4 rings (SSSR count). The van der Waals surface area contributed by atoms with Gasteiger partial charge in [0.2, 0.25) is 0 Å².